The molecule has 1 rings (SSSR count). The zero-order valence-corrected chi connectivity index (χ0v) is 12.1. The van der Waals surface area contributed by atoms with Crippen LogP contribution in [0.15, 0.2) is 30.3 Å². The van der Waals surface area contributed by atoms with Crippen molar-refractivity contribution in [2.45, 2.75) is 45.6 Å². The van der Waals surface area contributed by atoms with Gasteiger partial charge in [0, 0.05) is 26.1 Å². The van der Waals surface area contributed by atoms with Crippen molar-refractivity contribution in [3.8, 4) is 0 Å². The van der Waals surface area contributed by atoms with Crippen LogP contribution < -0.4 is 10.6 Å². The molecule has 1 unspecified atom stereocenters. The molecule has 0 aliphatic heterocycles. The Morgan fingerprint density at radius 3 is 2.53 bits per heavy atom. The number of nitrogens with one attached hydrogen (secondary N) is 2. The van der Waals surface area contributed by atoms with Crippen molar-refractivity contribution in [3.63, 3.8) is 0 Å². The van der Waals surface area contributed by atoms with E-state index in [-0.39, 0.29) is 5.91 Å². The fourth-order valence-corrected chi connectivity index (χ4v) is 2.16. The van der Waals surface area contributed by atoms with Gasteiger partial charge in [0.25, 0.3) is 0 Å². The van der Waals surface area contributed by atoms with Crippen LogP contribution in [0.1, 0.15) is 51.1 Å². The molecule has 1 aromatic carbocycles. The molecule has 3 heteroatoms. The molecule has 3 nitrogen and oxygen atoms in total. The van der Waals surface area contributed by atoms with Crippen LogP contribution in [-0.4, -0.2) is 19.0 Å². The standard InChI is InChI=1S/C16H26N2O/c1-3-4-6-11-16(15-9-7-5-8-10-15)18-13-12-17-14(2)19/h5,7-10,16,18H,3-4,6,11-13H2,1-2H3,(H,17,19). The average molecular weight is 262 g/mol. The molecule has 1 amide bonds. The van der Waals surface area contributed by atoms with Gasteiger partial charge in [-0.15, -0.1) is 0 Å². The minimum absolute atomic E-state index is 0.0315. The maximum atomic E-state index is 10.8. The van der Waals surface area contributed by atoms with Crippen LogP contribution in [0.5, 0.6) is 0 Å². The number of rotatable bonds is 9. The molecule has 0 bridgehead atoms. The third-order valence-corrected chi connectivity index (χ3v) is 3.19. The molecule has 0 aromatic heterocycles. The summed E-state index contributed by atoms with van der Waals surface area (Å²) in [6, 6.07) is 10.9. The quantitative estimate of drug-likeness (QED) is 0.672. The summed E-state index contributed by atoms with van der Waals surface area (Å²) in [5.74, 6) is 0.0315. The van der Waals surface area contributed by atoms with Gasteiger partial charge in [0.2, 0.25) is 5.91 Å². The Morgan fingerprint density at radius 1 is 1.16 bits per heavy atom. The number of amides is 1. The second kappa shape index (κ2) is 9.56. The van der Waals surface area contributed by atoms with Crippen LogP contribution in [0.2, 0.25) is 0 Å². The Hall–Kier alpha value is -1.35. The Kier molecular flexibility index (Phi) is 7.91. The van der Waals surface area contributed by atoms with Crippen LogP contribution in [0.25, 0.3) is 0 Å². The van der Waals surface area contributed by atoms with Crippen molar-refractivity contribution in [2.24, 2.45) is 0 Å². The highest BCUT2D eigenvalue weighted by Crippen LogP contribution is 2.19. The van der Waals surface area contributed by atoms with Gasteiger partial charge in [0.1, 0.15) is 0 Å². The van der Waals surface area contributed by atoms with Crippen LogP contribution in [0.3, 0.4) is 0 Å². The van der Waals surface area contributed by atoms with Gasteiger partial charge in [0.15, 0.2) is 0 Å². The first kappa shape index (κ1) is 15.7. The fraction of sp³-hybridized carbons (Fsp3) is 0.562. The van der Waals surface area contributed by atoms with Gasteiger partial charge >= 0.3 is 0 Å². The highest BCUT2D eigenvalue weighted by atomic mass is 16.1. The molecule has 0 radical (unpaired) electrons. The summed E-state index contributed by atoms with van der Waals surface area (Å²) in [5, 5.41) is 6.35. The molecule has 0 heterocycles. The van der Waals surface area contributed by atoms with E-state index in [0.29, 0.717) is 12.6 Å². The number of unbranched alkanes of at least 4 members (excludes halogenated alkanes) is 2. The van der Waals surface area contributed by atoms with Crippen molar-refractivity contribution < 1.29 is 4.79 Å². The molecule has 2 N–H and O–H groups in total. The highest BCUT2D eigenvalue weighted by molar-refractivity contribution is 5.72. The second-order valence-corrected chi connectivity index (χ2v) is 4.90. The maximum absolute atomic E-state index is 10.8. The predicted octanol–water partition coefficient (Wildman–Crippen LogP) is 3.03. The van der Waals surface area contributed by atoms with Crippen LogP contribution in [-0.2, 0) is 4.79 Å². The first-order valence-corrected chi connectivity index (χ1v) is 7.26. The average Bonchev–Trinajstić information content (AvgIpc) is 2.42. The number of carbonyl (C=O) groups is 1. The number of benzene rings is 1. The van der Waals surface area contributed by atoms with E-state index in [1.165, 1.54) is 24.8 Å². The van der Waals surface area contributed by atoms with Crippen LogP contribution in [0, 0.1) is 0 Å². The predicted molar refractivity (Wildman–Crippen MR) is 80.0 cm³/mol. The van der Waals surface area contributed by atoms with Gasteiger partial charge in [-0.25, -0.2) is 0 Å². The van der Waals surface area contributed by atoms with Crippen molar-refractivity contribution in [2.75, 3.05) is 13.1 Å². The van der Waals surface area contributed by atoms with E-state index < -0.39 is 0 Å². The van der Waals surface area contributed by atoms with E-state index in [9.17, 15) is 4.79 Å². The molecule has 0 aliphatic carbocycles. The van der Waals surface area contributed by atoms with E-state index in [2.05, 4.69) is 41.8 Å². The topological polar surface area (TPSA) is 41.1 Å². The third kappa shape index (κ3) is 6.97. The summed E-state index contributed by atoms with van der Waals surface area (Å²) in [5.41, 5.74) is 1.33. The SMILES string of the molecule is CCCCCC(NCCNC(C)=O)c1ccccc1. The molecule has 106 valence electrons. The lowest BCUT2D eigenvalue weighted by Crippen LogP contribution is -2.32. The Balaban J connectivity index is 2.43. The Morgan fingerprint density at radius 2 is 1.89 bits per heavy atom. The highest BCUT2D eigenvalue weighted by Gasteiger charge is 2.09. The number of hydrogen-bond acceptors (Lipinski definition) is 2. The summed E-state index contributed by atoms with van der Waals surface area (Å²) < 4.78 is 0. The van der Waals surface area contributed by atoms with E-state index >= 15 is 0 Å². The molecule has 0 fully saturated rings. The van der Waals surface area contributed by atoms with Gasteiger partial charge in [-0.05, 0) is 12.0 Å². The van der Waals surface area contributed by atoms with Gasteiger partial charge < -0.3 is 10.6 Å². The first-order chi connectivity index (χ1) is 9.24. The van der Waals surface area contributed by atoms with Gasteiger partial charge in [-0.3, -0.25) is 4.79 Å². The van der Waals surface area contributed by atoms with Crippen molar-refractivity contribution in [1.29, 1.82) is 0 Å². The summed E-state index contributed by atoms with van der Waals surface area (Å²) in [6.45, 7) is 5.27. The summed E-state index contributed by atoms with van der Waals surface area (Å²) in [6.07, 6.45) is 4.91. The molecular formula is C16H26N2O. The largest absolute Gasteiger partial charge is 0.355 e. The maximum Gasteiger partial charge on any atom is 0.216 e. The van der Waals surface area contributed by atoms with Gasteiger partial charge in [-0.1, -0.05) is 56.5 Å². The van der Waals surface area contributed by atoms with Crippen molar-refractivity contribution in [3.05, 3.63) is 35.9 Å². The molecule has 1 aromatic rings. The molecule has 0 aliphatic rings. The molecule has 1 atom stereocenters. The van der Waals surface area contributed by atoms with E-state index in [4.69, 9.17) is 0 Å². The van der Waals surface area contributed by atoms with Crippen LogP contribution in [0.4, 0.5) is 0 Å². The fourth-order valence-electron chi connectivity index (χ4n) is 2.16. The smallest absolute Gasteiger partial charge is 0.216 e. The Bertz CT molecular complexity index is 351. The summed E-state index contributed by atoms with van der Waals surface area (Å²) in [4.78, 5) is 10.8. The molecule has 0 saturated carbocycles. The van der Waals surface area contributed by atoms with E-state index in [0.717, 1.165) is 13.0 Å². The monoisotopic (exact) mass is 262 g/mol. The second-order valence-electron chi connectivity index (χ2n) is 4.90. The molecule has 0 spiro atoms. The lowest BCUT2D eigenvalue weighted by Gasteiger charge is -2.19. The normalized spacial score (nSPS) is 12.1. The van der Waals surface area contributed by atoms with E-state index in [1.807, 2.05) is 6.07 Å². The van der Waals surface area contributed by atoms with Crippen LogP contribution >= 0.6 is 0 Å². The lowest BCUT2D eigenvalue weighted by atomic mass is 10.0. The minimum Gasteiger partial charge on any atom is -0.355 e. The van der Waals surface area contributed by atoms with E-state index in [1.54, 1.807) is 6.92 Å². The van der Waals surface area contributed by atoms with Gasteiger partial charge in [-0.2, -0.15) is 0 Å². The third-order valence-electron chi connectivity index (χ3n) is 3.19. The zero-order chi connectivity index (χ0) is 13.9. The number of hydrogen-bond donors (Lipinski definition) is 2. The summed E-state index contributed by atoms with van der Waals surface area (Å²) >= 11 is 0. The summed E-state index contributed by atoms with van der Waals surface area (Å²) in [7, 11) is 0. The van der Waals surface area contributed by atoms with Crippen molar-refractivity contribution in [1.82, 2.24) is 10.6 Å². The van der Waals surface area contributed by atoms with Crippen molar-refractivity contribution >= 4 is 5.91 Å². The number of carbonyl (C=O) groups excluding carboxylic acids is 1. The first-order valence-electron chi connectivity index (χ1n) is 7.26. The van der Waals surface area contributed by atoms with Gasteiger partial charge in [0.05, 0.1) is 0 Å². The molecular weight excluding hydrogens is 236 g/mol. The minimum atomic E-state index is 0.0315. The molecule has 0 saturated heterocycles. The lowest BCUT2D eigenvalue weighted by molar-refractivity contribution is -0.118. The Labute approximate surface area is 116 Å². The zero-order valence-electron chi connectivity index (χ0n) is 12.1. The molecule has 19 heavy (non-hydrogen) atoms.